The predicted octanol–water partition coefficient (Wildman–Crippen LogP) is -1.58. The monoisotopic (exact) mass is 241 g/mol. The minimum absolute atomic E-state index is 0.0266. The van der Waals surface area contributed by atoms with Gasteiger partial charge in [-0.15, -0.1) is 0 Å². The molecule has 2 rings (SSSR count). The minimum Gasteiger partial charge on any atom is -0.396 e. The summed E-state index contributed by atoms with van der Waals surface area (Å²) in [6, 6.07) is -0.446. The third-order valence-electron chi connectivity index (χ3n) is 3.20. The molecule has 0 spiro atoms. The van der Waals surface area contributed by atoms with Crippen molar-refractivity contribution in [2.75, 3.05) is 12.3 Å². The van der Waals surface area contributed by atoms with Gasteiger partial charge in [0.25, 0.3) is 5.56 Å². The highest BCUT2D eigenvalue weighted by Crippen LogP contribution is 2.33. The second kappa shape index (κ2) is 4.34. The van der Waals surface area contributed by atoms with Crippen molar-refractivity contribution in [2.45, 2.75) is 25.0 Å². The van der Waals surface area contributed by atoms with Gasteiger partial charge in [-0.25, -0.2) is 4.79 Å². The van der Waals surface area contributed by atoms with E-state index in [1.54, 1.807) is 0 Å². The van der Waals surface area contributed by atoms with Crippen molar-refractivity contribution >= 4 is 5.69 Å². The van der Waals surface area contributed by atoms with Gasteiger partial charge in [0.2, 0.25) is 0 Å². The lowest BCUT2D eigenvalue weighted by Gasteiger charge is -2.17. The van der Waals surface area contributed by atoms with Gasteiger partial charge in [-0.3, -0.25) is 14.3 Å². The lowest BCUT2D eigenvalue weighted by atomic mass is 10.1. The lowest BCUT2D eigenvalue weighted by Crippen LogP contribution is -2.35. The van der Waals surface area contributed by atoms with Crippen LogP contribution in [0.3, 0.4) is 0 Å². The molecule has 0 saturated heterocycles. The number of aliphatic hydroxyl groups is 2. The Bertz CT molecular complexity index is 521. The van der Waals surface area contributed by atoms with Gasteiger partial charge in [0.15, 0.2) is 0 Å². The van der Waals surface area contributed by atoms with E-state index in [4.69, 9.17) is 10.8 Å². The number of H-pyrrole nitrogens is 1. The van der Waals surface area contributed by atoms with Gasteiger partial charge in [0.1, 0.15) is 5.69 Å². The van der Waals surface area contributed by atoms with Crippen LogP contribution in [-0.2, 0) is 0 Å². The summed E-state index contributed by atoms with van der Waals surface area (Å²) in [6.07, 6.45) is 1.46. The minimum atomic E-state index is -0.713. The molecule has 1 aliphatic carbocycles. The molecule has 17 heavy (non-hydrogen) atoms. The van der Waals surface area contributed by atoms with E-state index < -0.39 is 23.4 Å². The zero-order valence-electron chi connectivity index (χ0n) is 9.17. The molecule has 0 amide bonds. The number of nitrogen functional groups attached to an aromatic ring is 1. The SMILES string of the molecule is Nc1cn([C@@H]2C[C@H](CO)C[C@H]2O)c(=O)[nH]c1=O. The van der Waals surface area contributed by atoms with E-state index in [2.05, 4.69) is 4.98 Å². The lowest BCUT2D eigenvalue weighted by molar-refractivity contribution is 0.129. The van der Waals surface area contributed by atoms with Crippen molar-refractivity contribution in [1.29, 1.82) is 0 Å². The average Bonchev–Trinajstić information content (AvgIpc) is 2.65. The molecular formula is C10H15N3O4. The first-order valence-corrected chi connectivity index (χ1v) is 5.42. The number of aliphatic hydroxyl groups excluding tert-OH is 2. The molecule has 0 bridgehead atoms. The van der Waals surface area contributed by atoms with Crippen LogP contribution in [0.4, 0.5) is 5.69 Å². The van der Waals surface area contributed by atoms with Gasteiger partial charge in [0, 0.05) is 12.8 Å². The summed E-state index contributed by atoms with van der Waals surface area (Å²) < 4.78 is 1.23. The number of hydrogen-bond acceptors (Lipinski definition) is 5. The molecule has 1 saturated carbocycles. The molecular weight excluding hydrogens is 226 g/mol. The van der Waals surface area contributed by atoms with Crippen molar-refractivity contribution in [3.8, 4) is 0 Å². The van der Waals surface area contributed by atoms with E-state index in [0.717, 1.165) is 0 Å². The van der Waals surface area contributed by atoms with Crippen LogP contribution in [0, 0.1) is 5.92 Å². The fraction of sp³-hybridized carbons (Fsp3) is 0.600. The van der Waals surface area contributed by atoms with Crippen LogP contribution in [-0.4, -0.2) is 32.5 Å². The molecule has 7 nitrogen and oxygen atoms in total. The molecule has 0 aliphatic heterocycles. The molecule has 1 aliphatic rings. The molecule has 0 aromatic carbocycles. The summed E-state index contributed by atoms with van der Waals surface area (Å²) in [5, 5.41) is 18.9. The second-order valence-electron chi connectivity index (χ2n) is 4.41. The van der Waals surface area contributed by atoms with E-state index in [9.17, 15) is 14.7 Å². The third-order valence-corrected chi connectivity index (χ3v) is 3.20. The number of aromatic nitrogens is 2. The Hall–Kier alpha value is -1.60. The zero-order chi connectivity index (χ0) is 12.6. The Kier molecular flexibility index (Phi) is 3.03. The van der Waals surface area contributed by atoms with Gasteiger partial charge in [-0.2, -0.15) is 0 Å². The summed E-state index contributed by atoms with van der Waals surface area (Å²) in [4.78, 5) is 24.8. The predicted molar refractivity (Wildman–Crippen MR) is 60.6 cm³/mol. The standard InChI is InChI=1S/C10H15N3O4/c11-6-3-13(10(17)12-9(6)16)7-1-5(4-14)2-8(7)15/h3,5,7-8,14-15H,1-2,4,11H2,(H,12,16,17)/t5-,7+,8+/m0/s1. The fourth-order valence-corrected chi connectivity index (χ4v) is 2.29. The summed E-state index contributed by atoms with van der Waals surface area (Å²) >= 11 is 0. The Labute approximate surface area is 96.5 Å². The molecule has 0 unspecified atom stereocenters. The zero-order valence-corrected chi connectivity index (χ0v) is 9.17. The van der Waals surface area contributed by atoms with Crippen molar-refractivity contribution < 1.29 is 10.2 Å². The van der Waals surface area contributed by atoms with Crippen molar-refractivity contribution in [3.05, 3.63) is 27.0 Å². The first kappa shape index (κ1) is 11.9. The third kappa shape index (κ3) is 2.11. The van der Waals surface area contributed by atoms with Crippen LogP contribution in [0.15, 0.2) is 15.8 Å². The van der Waals surface area contributed by atoms with Gasteiger partial charge >= 0.3 is 5.69 Å². The molecule has 1 fully saturated rings. The molecule has 1 heterocycles. The quantitative estimate of drug-likeness (QED) is 0.498. The van der Waals surface area contributed by atoms with E-state index >= 15 is 0 Å². The summed E-state index contributed by atoms with van der Waals surface area (Å²) in [6.45, 7) is -0.0266. The highest BCUT2D eigenvalue weighted by atomic mass is 16.3. The van der Waals surface area contributed by atoms with E-state index in [1.807, 2.05) is 0 Å². The Balaban J connectivity index is 2.38. The first-order valence-electron chi connectivity index (χ1n) is 5.42. The summed E-state index contributed by atoms with van der Waals surface area (Å²) in [5.41, 5.74) is 4.15. The number of nitrogens with two attached hydrogens (primary N) is 1. The van der Waals surface area contributed by atoms with Crippen LogP contribution >= 0.6 is 0 Å². The number of nitrogens with one attached hydrogen (secondary N) is 1. The maximum absolute atomic E-state index is 11.6. The largest absolute Gasteiger partial charge is 0.396 e. The molecule has 3 atom stereocenters. The number of aromatic amines is 1. The highest BCUT2D eigenvalue weighted by molar-refractivity contribution is 5.30. The van der Waals surface area contributed by atoms with Crippen molar-refractivity contribution in [2.24, 2.45) is 5.92 Å². The number of anilines is 1. The highest BCUT2D eigenvalue weighted by Gasteiger charge is 2.34. The number of nitrogens with zero attached hydrogens (tertiary/aromatic N) is 1. The number of rotatable bonds is 2. The van der Waals surface area contributed by atoms with Crippen molar-refractivity contribution in [3.63, 3.8) is 0 Å². The molecule has 0 radical (unpaired) electrons. The van der Waals surface area contributed by atoms with E-state index in [1.165, 1.54) is 10.8 Å². The van der Waals surface area contributed by atoms with Gasteiger partial charge < -0.3 is 15.9 Å². The first-order chi connectivity index (χ1) is 8.02. The molecule has 1 aromatic heterocycles. The Morgan fingerprint density at radius 2 is 2.18 bits per heavy atom. The normalized spacial score (nSPS) is 28.5. The van der Waals surface area contributed by atoms with Gasteiger partial charge in [0.05, 0.1) is 12.1 Å². The van der Waals surface area contributed by atoms with Crippen LogP contribution in [0.1, 0.15) is 18.9 Å². The van der Waals surface area contributed by atoms with E-state index in [0.29, 0.717) is 12.8 Å². The van der Waals surface area contributed by atoms with Gasteiger partial charge in [-0.1, -0.05) is 0 Å². The maximum Gasteiger partial charge on any atom is 0.328 e. The smallest absolute Gasteiger partial charge is 0.328 e. The molecule has 1 aromatic rings. The van der Waals surface area contributed by atoms with Crippen LogP contribution in [0.25, 0.3) is 0 Å². The van der Waals surface area contributed by atoms with Crippen LogP contribution in [0.2, 0.25) is 0 Å². The average molecular weight is 241 g/mol. The Morgan fingerprint density at radius 3 is 2.76 bits per heavy atom. The van der Waals surface area contributed by atoms with Gasteiger partial charge in [-0.05, 0) is 18.8 Å². The second-order valence-corrected chi connectivity index (χ2v) is 4.41. The molecule has 5 N–H and O–H groups in total. The maximum atomic E-state index is 11.6. The van der Waals surface area contributed by atoms with Crippen LogP contribution in [0.5, 0.6) is 0 Å². The topological polar surface area (TPSA) is 121 Å². The summed E-state index contributed by atoms with van der Waals surface area (Å²) in [5.74, 6) is -0.0324. The van der Waals surface area contributed by atoms with Crippen LogP contribution < -0.4 is 17.0 Å². The molecule has 7 heteroatoms. The van der Waals surface area contributed by atoms with Crippen molar-refractivity contribution in [1.82, 2.24) is 9.55 Å². The summed E-state index contributed by atoms with van der Waals surface area (Å²) in [7, 11) is 0. The molecule has 94 valence electrons. The fourth-order valence-electron chi connectivity index (χ4n) is 2.29. The Morgan fingerprint density at radius 1 is 1.47 bits per heavy atom. The number of hydrogen-bond donors (Lipinski definition) is 4. The van der Waals surface area contributed by atoms with E-state index in [-0.39, 0.29) is 18.2 Å².